The summed E-state index contributed by atoms with van der Waals surface area (Å²) in [6.07, 6.45) is 4.32. The van der Waals surface area contributed by atoms with Gasteiger partial charge in [0.2, 0.25) is 23.6 Å². The van der Waals surface area contributed by atoms with E-state index in [9.17, 15) is 63.6 Å². The normalized spacial score (nSPS) is 17.8. The number of amides is 4. The average molecular weight is 1300 g/mol. The first-order chi connectivity index (χ1) is 41.5. The number of Topliss-reactive ketones (excluding diaryl/α,β-unsaturated/α-hetero) is 1. The molecule has 2 saturated heterocycles. The van der Waals surface area contributed by atoms with Crippen molar-refractivity contribution in [2.45, 2.75) is 142 Å². The minimum absolute atomic E-state index is 0. The summed E-state index contributed by atoms with van der Waals surface area (Å²) >= 11 is 5.86. The van der Waals surface area contributed by atoms with Crippen LogP contribution in [0.3, 0.4) is 0 Å². The van der Waals surface area contributed by atoms with Gasteiger partial charge in [-0.1, -0.05) is 95.2 Å². The molecule has 0 aliphatic carbocycles. The second-order valence-corrected chi connectivity index (χ2v) is 24.1. The molecule has 4 amide bonds. The van der Waals surface area contributed by atoms with Crippen LogP contribution in [-0.4, -0.2) is 223 Å². The topological polar surface area (TPSA) is 359 Å². The van der Waals surface area contributed by atoms with E-state index in [0.717, 1.165) is 5.56 Å². The Morgan fingerprint density at radius 3 is 1.66 bits per heavy atom. The van der Waals surface area contributed by atoms with Gasteiger partial charge in [0.1, 0.15) is 18.1 Å². The maximum Gasteiger partial charge on any atom is 3.00 e. The summed E-state index contributed by atoms with van der Waals surface area (Å²) in [5.41, 5.74) is 14.0. The fourth-order valence-electron chi connectivity index (χ4n) is 11.1. The first kappa shape index (κ1) is 76.4. The van der Waals surface area contributed by atoms with Gasteiger partial charge in [0.25, 0.3) is 0 Å². The number of likely N-dealkylation sites (tertiary alicyclic amines) is 1. The van der Waals surface area contributed by atoms with Crippen LogP contribution in [0.1, 0.15) is 116 Å². The number of nitrogens with zero attached hydrogens (tertiary/aromatic N) is 5. The molecule has 2 aromatic carbocycles. The molecule has 2 fully saturated rings. The molecule has 9 N–H and O–H groups in total. The number of thiocarbonyl (C=S) groups is 1. The van der Waals surface area contributed by atoms with Crippen LogP contribution in [0.25, 0.3) is 0 Å². The number of nitrogens with one attached hydrogen (secondary N) is 4. The average Bonchev–Trinajstić information content (AvgIpc) is 2.73. The van der Waals surface area contributed by atoms with E-state index >= 15 is 0 Å². The minimum Gasteiger partial charge on any atom is -0.549 e. The molecule has 0 unspecified atom stereocenters. The minimum atomic E-state index is -1.30. The van der Waals surface area contributed by atoms with Gasteiger partial charge in [0, 0.05) is 122 Å². The van der Waals surface area contributed by atoms with Crippen molar-refractivity contribution in [3.05, 3.63) is 65.7 Å². The fourth-order valence-corrected chi connectivity index (χ4v) is 11.5. The van der Waals surface area contributed by atoms with Crippen molar-refractivity contribution in [3.63, 3.8) is 0 Å². The smallest absolute Gasteiger partial charge is 0.549 e. The molecule has 2 aromatic rings. The molecule has 0 saturated carbocycles. The van der Waals surface area contributed by atoms with Crippen LogP contribution in [-0.2, 0) is 56.1 Å². The Kier molecular flexibility index (Phi) is 35.4. The van der Waals surface area contributed by atoms with E-state index in [-0.39, 0.29) is 121 Å². The third-order valence-electron chi connectivity index (χ3n) is 16.2. The van der Waals surface area contributed by atoms with Crippen LogP contribution < -0.4 is 48.1 Å². The second kappa shape index (κ2) is 40.7. The van der Waals surface area contributed by atoms with E-state index in [2.05, 4.69) is 26.2 Å². The van der Waals surface area contributed by atoms with Gasteiger partial charge >= 0.3 is 25.8 Å². The number of carbonyl (C=O) groups is 9. The van der Waals surface area contributed by atoms with E-state index in [0.29, 0.717) is 113 Å². The monoisotopic (exact) mass is 1300 g/mol. The van der Waals surface area contributed by atoms with Crippen LogP contribution in [0.4, 0.5) is 5.69 Å². The quantitative estimate of drug-likeness (QED) is 0.0237. The third-order valence-corrected chi connectivity index (χ3v) is 16.4. The first-order valence-electron chi connectivity index (χ1n) is 30.8. The number of nitrogens with two attached hydrogens (primary N) is 2. The van der Waals surface area contributed by atoms with E-state index < -0.39 is 84.1 Å². The number of rotatable bonds is 36. The van der Waals surface area contributed by atoms with Crippen molar-refractivity contribution in [2.24, 2.45) is 35.1 Å². The van der Waals surface area contributed by atoms with Crippen LogP contribution in [0.15, 0.2) is 54.6 Å². The molecule has 4 rings (SSSR count). The first-order valence-corrected chi connectivity index (χ1v) is 31.2. The Hall–Kier alpha value is -5.84. The Morgan fingerprint density at radius 1 is 0.636 bits per heavy atom. The van der Waals surface area contributed by atoms with Gasteiger partial charge in [-0.2, -0.15) is 0 Å². The van der Waals surface area contributed by atoms with Gasteiger partial charge in [-0.15, -0.1) is 0 Å². The molecule has 0 spiro atoms. The number of carboxylic acids is 4. The van der Waals surface area contributed by atoms with Crippen molar-refractivity contribution < 1.29 is 63.6 Å². The van der Waals surface area contributed by atoms with Crippen molar-refractivity contribution >= 4 is 96.0 Å². The summed E-state index contributed by atoms with van der Waals surface area (Å²) in [6, 6.07) is 12.1. The number of carbonyl (C=O) groups excluding carboxylic acids is 8. The molecule has 0 aromatic heterocycles. The molecule has 7 atom stereocenters. The zero-order valence-electron chi connectivity index (χ0n) is 51.8. The van der Waals surface area contributed by atoms with Crippen molar-refractivity contribution in [3.8, 4) is 0 Å². The number of ketones is 1. The number of hydrogen-bond acceptors (Lipinski definition) is 19. The van der Waals surface area contributed by atoms with E-state index in [1.807, 2.05) is 52.0 Å². The number of hydrogen-bond donors (Lipinski definition) is 7. The molecule has 24 nitrogen and oxygen atoms in total. The van der Waals surface area contributed by atoms with Gasteiger partial charge in [0.05, 0.1) is 28.9 Å². The number of aliphatic carboxylic acids is 4. The Balaban J connectivity index is 0.0000202. The molecule has 484 valence electrons. The van der Waals surface area contributed by atoms with Crippen molar-refractivity contribution in [2.75, 3.05) is 96.9 Å². The van der Waals surface area contributed by atoms with Crippen LogP contribution in [0.2, 0.25) is 0 Å². The summed E-state index contributed by atoms with van der Waals surface area (Å²) in [4.78, 5) is 128. The van der Waals surface area contributed by atoms with Gasteiger partial charge in [-0.05, 0) is 99.6 Å². The van der Waals surface area contributed by atoms with Gasteiger partial charge in [-0.25, -0.2) is 4.79 Å². The number of unbranched alkanes of at least 4 members (excludes halogenated alkanes) is 2. The molecule has 2 heterocycles. The van der Waals surface area contributed by atoms with E-state index in [1.54, 1.807) is 45.0 Å². The SMILES string of the molecule is CC[C@H](C)[C@H](NC(=O)[C@@H](CC(=S)Nc1ccc(CN2CCN(CC(=O)[O-])CCN(CC(=O)[O-])CCN(CC(=O)[O-])CC2)cc1)CC(C)C)C(=O)C[C@@H](CCCCN)C(=O)N[C@@H](CCCCN)C(=O)N1CCC[C@H]1C(=O)N[C@@H](Cc1ccccc1)C(=O)O.[Ga+3]. The van der Waals surface area contributed by atoms with Crippen molar-refractivity contribution in [1.29, 1.82) is 0 Å². The van der Waals surface area contributed by atoms with E-state index in [4.69, 9.17) is 23.7 Å². The third kappa shape index (κ3) is 27.9. The summed E-state index contributed by atoms with van der Waals surface area (Å²) in [5.74, 6) is -9.18. The second-order valence-electron chi connectivity index (χ2n) is 23.6. The van der Waals surface area contributed by atoms with Crippen LogP contribution >= 0.6 is 12.2 Å². The molecule has 2 aliphatic heterocycles. The summed E-state index contributed by atoms with van der Waals surface area (Å²) < 4.78 is 0. The number of anilines is 1. The maximum atomic E-state index is 14.6. The Morgan fingerprint density at radius 2 is 1.16 bits per heavy atom. The molecule has 0 bridgehead atoms. The maximum absolute atomic E-state index is 14.6. The Bertz CT molecular complexity index is 2520. The standard InChI is InChI=1S/C62H97N11O13S.Ga/c1-5-43(4)57(52(74)36-46(16-9-11-23-63)58(81)66-49(17-10-12-24-64)61(84)73-25-13-18-51(73)60(83)67-50(62(85)86)35-44-14-7-6-8-15-44)68-59(82)47(34-42(2)3)37-53(87)65-48-21-19-45(20-22-48)38-69-26-28-70(39-54(75)76)30-32-72(41-56(79)80)33-31-71(29-27-69)40-55(77)78;/h6-8,14-15,19-22,42-43,46-47,49-51,57H,5,9-13,16-18,23-41,63-64H2,1-4H3,(H,65,87)(H,66,81)(H,67,83)(H,68,82)(H,75,76)(H,77,78)(H,79,80)(H,85,86);/q;+3/p-3/t43-,46+,47+,49-,50-,51-,57-;/m0./s1. The predicted octanol–water partition coefficient (Wildman–Crippen LogP) is -1.28. The summed E-state index contributed by atoms with van der Waals surface area (Å²) in [5, 5.41) is 56.8. The molecule has 2 aliphatic rings. The van der Waals surface area contributed by atoms with Crippen LogP contribution in [0, 0.1) is 23.7 Å². The fraction of sp³-hybridized carbons (Fsp3) is 0.645. The predicted molar refractivity (Wildman–Crippen MR) is 332 cm³/mol. The van der Waals surface area contributed by atoms with Gasteiger partial charge < -0.3 is 72.4 Å². The molecular weight excluding hydrogens is 1210 g/mol. The largest absolute Gasteiger partial charge is 3.00 e. The Labute approximate surface area is 537 Å². The molecule has 0 radical (unpaired) electrons. The molecule has 26 heteroatoms. The van der Waals surface area contributed by atoms with Gasteiger partial charge in [-0.3, -0.25) is 43.6 Å². The molecule has 88 heavy (non-hydrogen) atoms. The summed E-state index contributed by atoms with van der Waals surface area (Å²) in [6.45, 7) is 10.3. The number of benzene rings is 2. The molecular formula is C62H94GaN11O13S. The van der Waals surface area contributed by atoms with E-state index in [1.165, 1.54) is 4.90 Å². The zero-order chi connectivity index (χ0) is 64.0. The van der Waals surface area contributed by atoms with Crippen molar-refractivity contribution in [1.82, 2.24) is 40.4 Å². The van der Waals surface area contributed by atoms with Gasteiger partial charge in [0.15, 0.2) is 5.78 Å². The summed E-state index contributed by atoms with van der Waals surface area (Å²) in [7, 11) is 0. The zero-order valence-corrected chi connectivity index (χ0v) is 55.1. The number of carboxylic acid groups (broad SMARTS) is 4. The van der Waals surface area contributed by atoms with Crippen LogP contribution in [0.5, 0.6) is 0 Å².